The number of aliphatic hydroxyl groups is 1. The van der Waals surface area contributed by atoms with Crippen molar-refractivity contribution in [3.63, 3.8) is 0 Å². The summed E-state index contributed by atoms with van der Waals surface area (Å²) in [7, 11) is 0. The molecule has 0 aromatic heterocycles. The lowest BCUT2D eigenvalue weighted by Gasteiger charge is -2.19. The van der Waals surface area contributed by atoms with Crippen LogP contribution >= 0.6 is 0 Å². The summed E-state index contributed by atoms with van der Waals surface area (Å²) < 4.78 is 13.1. The summed E-state index contributed by atoms with van der Waals surface area (Å²) >= 11 is 0. The lowest BCUT2D eigenvalue weighted by atomic mass is 10.1. The van der Waals surface area contributed by atoms with Crippen molar-refractivity contribution in [1.82, 2.24) is 0 Å². The van der Waals surface area contributed by atoms with Crippen molar-refractivity contribution in [2.45, 2.75) is 26.4 Å². The van der Waals surface area contributed by atoms with Crippen LogP contribution < -0.4 is 5.32 Å². The molecule has 0 radical (unpaired) electrons. The van der Waals surface area contributed by atoms with Gasteiger partial charge in [-0.2, -0.15) is 0 Å². The molecule has 1 rings (SSSR count). The number of hydrogen-bond acceptors (Lipinski definition) is 2. The molecule has 14 heavy (non-hydrogen) atoms. The van der Waals surface area contributed by atoms with Gasteiger partial charge in [0.05, 0.1) is 5.60 Å². The third-order valence-corrected chi connectivity index (χ3v) is 1.98. The van der Waals surface area contributed by atoms with Crippen LogP contribution in [-0.2, 0) is 0 Å². The minimum Gasteiger partial charge on any atom is -0.389 e. The Balaban J connectivity index is 2.73. The summed E-state index contributed by atoms with van der Waals surface area (Å²) in [6.07, 6.45) is 0. The molecule has 0 heterocycles. The molecule has 0 saturated heterocycles. The zero-order chi connectivity index (χ0) is 10.8. The van der Waals surface area contributed by atoms with Gasteiger partial charge in [0.15, 0.2) is 0 Å². The maximum Gasteiger partial charge on any atom is 0.128 e. The first-order chi connectivity index (χ1) is 6.40. The molecule has 0 atom stereocenters. The van der Waals surface area contributed by atoms with Gasteiger partial charge < -0.3 is 10.4 Å². The van der Waals surface area contributed by atoms with Gasteiger partial charge in [-0.1, -0.05) is 6.07 Å². The average Bonchev–Trinajstić information content (AvgIpc) is 2.06. The minimum absolute atomic E-state index is 0.231. The maximum absolute atomic E-state index is 13.1. The number of halogens is 1. The van der Waals surface area contributed by atoms with E-state index in [1.807, 2.05) is 0 Å². The van der Waals surface area contributed by atoms with E-state index in [9.17, 15) is 9.50 Å². The highest BCUT2D eigenvalue weighted by molar-refractivity contribution is 5.51. The fourth-order valence-electron chi connectivity index (χ4n) is 1.11. The molecule has 3 heteroatoms. The maximum atomic E-state index is 13.1. The first kappa shape index (κ1) is 11.0. The number of hydrogen-bond donors (Lipinski definition) is 2. The minimum atomic E-state index is -0.793. The van der Waals surface area contributed by atoms with Crippen LogP contribution in [0.4, 0.5) is 10.1 Å². The second-order valence-corrected chi connectivity index (χ2v) is 4.08. The van der Waals surface area contributed by atoms with Gasteiger partial charge in [-0.3, -0.25) is 0 Å². The molecule has 0 aliphatic carbocycles. The largest absolute Gasteiger partial charge is 0.389 e. The van der Waals surface area contributed by atoms with Crippen molar-refractivity contribution < 1.29 is 9.50 Å². The average molecular weight is 197 g/mol. The van der Waals surface area contributed by atoms with Crippen LogP contribution in [0.1, 0.15) is 19.4 Å². The van der Waals surface area contributed by atoms with E-state index < -0.39 is 5.60 Å². The fraction of sp³-hybridized carbons (Fsp3) is 0.455. The highest BCUT2D eigenvalue weighted by atomic mass is 19.1. The summed E-state index contributed by atoms with van der Waals surface area (Å²) in [4.78, 5) is 0. The third-order valence-electron chi connectivity index (χ3n) is 1.98. The van der Waals surface area contributed by atoms with Gasteiger partial charge in [-0.15, -0.1) is 0 Å². The molecule has 0 fully saturated rings. The first-order valence-electron chi connectivity index (χ1n) is 4.61. The molecular weight excluding hydrogens is 181 g/mol. The predicted octanol–water partition coefficient (Wildman–Crippen LogP) is 2.32. The van der Waals surface area contributed by atoms with E-state index >= 15 is 0 Å². The highest BCUT2D eigenvalue weighted by Gasteiger charge is 2.12. The second-order valence-electron chi connectivity index (χ2n) is 4.08. The molecule has 78 valence electrons. The van der Waals surface area contributed by atoms with Crippen molar-refractivity contribution in [2.75, 3.05) is 11.9 Å². The summed E-state index contributed by atoms with van der Waals surface area (Å²) in [5, 5.41) is 12.5. The molecule has 1 aromatic carbocycles. The topological polar surface area (TPSA) is 32.3 Å². The van der Waals surface area contributed by atoms with Crippen molar-refractivity contribution in [1.29, 1.82) is 0 Å². The van der Waals surface area contributed by atoms with Crippen molar-refractivity contribution in [3.05, 3.63) is 29.6 Å². The monoisotopic (exact) mass is 197 g/mol. The summed E-state index contributed by atoms with van der Waals surface area (Å²) in [5.41, 5.74) is 0.516. The quantitative estimate of drug-likeness (QED) is 0.779. The summed E-state index contributed by atoms with van der Waals surface area (Å²) in [6, 6.07) is 4.86. The van der Waals surface area contributed by atoms with Crippen LogP contribution in [-0.4, -0.2) is 17.3 Å². The van der Waals surface area contributed by atoms with Gasteiger partial charge in [-0.25, -0.2) is 4.39 Å². The van der Waals surface area contributed by atoms with E-state index in [4.69, 9.17) is 0 Å². The Kier molecular flexibility index (Phi) is 3.11. The molecule has 2 nitrogen and oxygen atoms in total. The van der Waals surface area contributed by atoms with Gasteiger partial charge in [0.25, 0.3) is 0 Å². The third kappa shape index (κ3) is 3.00. The standard InChI is InChI=1S/C11H16FNO/c1-8-9(12)5-4-6-10(8)13-7-11(2,3)14/h4-6,13-14H,7H2,1-3H3. The van der Waals surface area contributed by atoms with Gasteiger partial charge in [0.1, 0.15) is 5.82 Å². The van der Waals surface area contributed by atoms with Gasteiger partial charge >= 0.3 is 0 Å². The van der Waals surface area contributed by atoms with Crippen molar-refractivity contribution >= 4 is 5.69 Å². The molecule has 0 aliphatic heterocycles. The van der Waals surface area contributed by atoms with E-state index in [-0.39, 0.29) is 5.82 Å². The number of rotatable bonds is 3. The van der Waals surface area contributed by atoms with Crippen LogP contribution in [0.3, 0.4) is 0 Å². The van der Waals surface area contributed by atoms with Gasteiger partial charge in [0, 0.05) is 17.8 Å². The lowest BCUT2D eigenvalue weighted by molar-refractivity contribution is 0.0945. The molecule has 0 bridgehead atoms. The van der Waals surface area contributed by atoms with E-state index in [1.165, 1.54) is 6.07 Å². The smallest absolute Gasteiger partial charge is 0.128 e. The Morgan fingerprint density at radius 2 is 2.07 bits per heavy atom. The van der Waals surface area contributed by atoms with Crippen molar-refractivity contribution in [2.24, 2.45) is 0 Å². The molecule has 0 aliphatic rings. The Hall–Kier alpha value is -1.09. The summed E-state index contributed by atoms with van der Waals surface area (Å²) in [5.74, 6) is -0.231. The molecule has 2 N–H and O–H groups in total. The van der Waals surface area contributed by atoms with Crippen molar-refractivity contribution in [3.8, 4) is 0 Å². The predicted molar refractivity (Wildman–Crippen MR) is 55.9 cm³/mol. The SMILES string of the molecule is Cc1c(F)cccc1NCC(C)(C)O. The van der Waals surface area contributed by atoms with E-state index in [1.54, 1.807) is 32.9 Å². The Labute approximate surface area is 83.8 Å². The molecule has 1 aromatic rings. The zero-order valence-corrected chi connectivity index (χ0v) is 8.76. The Morgan fingerprint density at radius 1 is 1.43 bits per heavy atom. The van der Waals surface area contributed by atoms with E-state index in [2.05, 4.69) is 5.32 Å². The van der Waals surface area contributed by atoms with Crippen LogP contribution in [0.15, 0.2) is 18.2 Å². The molecular formula is C11H16FNO. The van der Waals surface area contributed by atoms with Crippen LogP contribution in [0.25, 0.3) is 0 Å². The first-order valence-corrected chi connectivity index (χ1v) is 4.61. The molecule has 0 saturated carbocycles. The number of nitrogens with one attached hydrogen (secondary N) is 1. The Bertz CT molecular complexity index is 318. The van der Waals surface area contributed by atoms with Gasteiger partial charge in [0.2, 0.25) is 0 Å². The van der Waals surface area contributed by atoms with Crippen LogP contribution in [0.2, 0.25) is 0 Å². The fourth-order valence-corrected chi connectivity index (χ4v) is 1.11. The van der Waals surface area contributed by atoms with Gasteiger partial charge in [-0.05, 0) is 32.9 Å². The second kappa shape index (κ2) is 3.96. The molecule has 0 spiro atoms. The van der Waals surface area contributed by atoms with E-state index in [0.717, 1.165) is 5.69 Å². The highest BCUT2D eigenvalue weighted by Crippen LogP contribution is 2.18. The molecule has 0 unspecified atom stereocenters. The zero-order valence-electron chi connectivity index (χ0n) is 8.76. The molecule has 0 amide bonds. The number of anilines is 1. The lowest BCUT2D eigenvalue weighted by Crippen LogP contribution is -2.29. The van der Waals surface area contributed by atoms with E-state index in [0.29, 0.717) is 12.1 Å². The summed E-state index contributed by atoms with van der Waals surface area (Å²) in [6.45, 7) is 5.52. The van der Waals surface area contributed by atoms with Crippen LogP contribution in [0, 0.1) is 12.7 Å². The normalized spacial score (nSPS) is 11.5. The van der Waals surface area contributed by atoms with Crippen LogP contribution in [0.5, 0.6) is 0 Å². The Morgan fingerprint density at radius 3 is 2.64 bits per heavy atom. The number of benzene rings is 1.